The van der Waals surface area contributed by atoms with Gasteiger partial charge in [-0.2, -0.15) is 0 Å². The van der Waals surface area contributed by atoms with Crippen LogP contribution in [0, 0.1) is 6.92 Å². The maximum atomic E-state index is 8.88. The van der Waals surface area contributed by atoms with Crippen molar-refractivity contribution < 1.29 is 5.11 Å². The van der Waals surface area contributed by atoms with Crippen molar-refractivity contribution in [2.24, 2.45) is 0 Å². The molecule has 0 aliphatic heterocycles. The highest BCUT2D eigenvalue weighted by atomic mass is 16.3. The lowest BCUT2D eigenvalue weighted by Crippen LogP contribution is -1.84. The topological polar surface area (TPSA) is 33.1 Å². The van der Waals surface area contributed by atoms with Gasteiger partial charge in [-0.25, -0.2) is 0 Å². The Hall–Kier alpha value is -1.31. The van der Waals surface area contributed by atoms with Crippen LogP contribution in [0.2, 0.25) is 0 Å². The Morgan fingerprint density at radius 3 is 2.70 bits per heavy atom. The van der Waals surface area contributed by atoms with Gasteiger partial charge in [0.1, 0.15) is 5.76 Å². The summed E-state index contributed by atoms with van der Waals surface area (Å²) in [4.78, 5) is 3.98. The molecule has 0 amide bonds. The summed E-state index contributed by atoms with van der Waals surface area (Å²) in [5.41, 5.74) is 1.61. The minimum Gasteiger partial charge on any atom is -0.508 e. The van der Waals surface area contributed by atoms with Gasteiger partial charge in [-0.3, -0.25) is 4.98 Å². The molecule has 0 aromatic carbocycles. The van der Waals surface area contributed by atoms with E-state index in [1.54, 1.807) is 12.3 Å². The molecule has 0 spiro atoms. The van der Waals surface area contributed by atoms with E-state index in [1.165, 1.54) is 0 Å². The van der Waals surface area contributed by atoms with E-state index < -0.39 is 0 Å². The zero-order valence-electron chi connectivity index (χ0n) is 5.83. The van der Waals surface area contributed by atoms with Crippen molar-refractivity contribution in [3.63, 3.8) is 0 Å². The van der Waals surface area contributed by atoms with Crippen molar-refractivity contribution in [2.75, 3.05) is 0 Å². The van der Waals surface area contributed by atoms with Crippen LogP contribution in [-0.2, 0) is 0 Å². The van der Waals surface area contributed by atoms with Crippen molar-refractivity contribution in [2.45, 2.75) is 6.92 Å². The average molecular weight is 135 g/mol. The normalized spacial score (nSPS) is 9.30. The maximum absolute atomic E-state index is 8.88. The van der Waals surface area contributed by atoms with E-state index >= 15 is 0 Å². The molecule has 2 nitrogen and oxygen atoms in total. The molecule has 2 heteroatoms. The summed E-state index contributed by atoms with van der Waals surface area (Å²) in [7, 11) is 0. The van der Waals surface area contributed by atoms with Crippen LogP contribution in [0.25, 0.3) is 5.76 Å². The first-order valence-electron chi connectivity index (χ1n) is 3.01. The third kappa shape index (κ3) is 1.35. The molecule has 0 bridgehead atoms. The second-order valence-corrected chi connectivity index (χ2v) is 2.13. The number of aryl methyl sites for hydroxylation is 1. The van der Waals surface area contributed by atoms with Crippen LogP contribution in [0.1, 0.15) is 11.3 Å². The number of hydrogen-bond acceptors (Lipinski definition) is 2. The number of pyridine rings is 1. The lowest BCUT2D eigenvalue weighted by Gasteiger charge is -1.96. The summed E-state index contributed by atoms with van der Waals surface area (Å²) >= 11 is 0. The van der Waals surface area contributed by atoms with Crippen molar-refractivity contribution in [3.05, 3.63) is 36.2 Å². The molecule has 0 saturated carbocycles. The second kappa shape index (κ2) is 2.52. The minimum atomic E-state index is 0.0625. The van der Waals surface area contributed by atoms with Crippen molar-refractivity contribution in [1.82, 2.24) is 4.98 Å². The highest BCUT2D eigenvalue weighted by Gasteiger charge is 1.93. The number of nitrogens with zero attached hydrogens (tertiary/aromatic N) is 1. The first-order valence-corrected chi connectivity index (χ1v) is 3.01. The van der Waals surface area contributed by atoms with Crippen LogP contribution in [0.15, 0.2) is 24.9 Å². The fourth-order valence-electron chi connectivity index (χ4n) is 0.639. The number of rotatable bonds is 1. The van der Waals surface area contributed by atoms with Crippen molar-refractivity contribution in [3.8, 4) is 0 Å². The molecule has 1 aromatic rings. The van der Waals surface area contributed by atoms with Gasteiger partial charge in [-0.15, -0.1) is 0 Å². The fraction of sp³-hybridized carbons (Fsp3) is 0.125. The zero-order valence-corrected chi connectivity index (χ0v) is 5.83. The number of hydrogen-bond donors (Lipinski definition) is 1. The van der Waals surface area contributed by atoms with Crippen LogP contribution in [-0.4, -0.2) is 10.1 Å². The Kier molecular flexibility index (Phi) is 1.71. The van der Waals surface area contributed by atoms with E-state index in [-0.39, 0.29) is 5.76 Å². The van der Waals surface area contributed by atoms with Gasteiger partial charge in [0, 0.05) is 17.5 Å². The second-order valence-electron chi connectivity index (χ2n) is 2.13. The molecular formula is C8H9NO. The molecule has 0 aliphatic carbocycles. The monoisotopic (exact) mass is 135 g/mol. The fourth-order valence-corrected chi connectivity index (χ4v) is 0.639. The minimum absolute atomic E-state index is 0.0625. The Bertz CT molecular complexity index is 238. The first kappa shape index (κ1) is 6.81. The van der Waals surface area contributed by atoms with Gasteiger partial charge >= 0.3 is 0 Å². The Labute approximate surface area is 59.9 Å². The van der Waals surface area contributed by atoms with Crippen LogP contribution < -0.4 is 0 Å². The highest BCUT2D eigenvalue weighted by molar-refractivity contribution is 5.54. The van der Waals surface area contributed by atoms with Gasteiger partial charge in [-0.05, 0) is 19.1 Å². The van der Waals surface area contributed by atoms with Gasteiger partial charge in [0.05, 0.1) is 0 Å². The molecule has 52 valence electrons. The third-order valence-corrected chi connectivity index (χ3v) is 1.24. The molecule has 0 saturated heterocycles. The van der Waals surface area contributed by atoms with E-state index in [4.69, 9.17) is 5.11 Å². The maximum Gasteiger partial charge on any atom is 0.117 e. The molecule has 10 heavy (non-hydrogen) atoms. The molecule has 1 aromatic heterocycles. The summed E-state index contributed by atoms with van der Waals surface area (Å²) in [6, 6.07) is 3.61. The summed E-state index contributed by atoms with van der Waals surface area (Å²) in [5.74, 6) is 0.0625. The smallest absolute Gasteiger partial charge is 0.117 e. The SMILES string of the molecule is C=C(O)c1ccc(C)nc1. The predicted octanol–water partition coefficient (Wildman–Crippen LogP) is 1.92. The number of aliphatic hydroxyl groups excluding tert-OH is 1. The van der Waals surface area contributed by atoms with Crippen LogP contribution in [0.5, 0.6) is 0 Å². The Morgan fingerprint density at radius 2 is 2.30 bits per heavy atom. The lowest BCUT2D eigenvalue weighted by molar-refractivity contribution is 0.513. The molecule has 0 aliphatic rings. The Balaban J connectivity index is 3.00. The van der Waals surface area contributed by atoms with Gasteiger partial charge in [0.15, 0.2) is 0 Å². The predicted molar refractivity (Wildman–Crippen MR) is 40.6 cm³/mol. The van der Waals surface area contributed by atoms with Crippen molar-refractivity contribution in [1.29, 1.82) is 0 Å². The van der Waals surface area contributed by atoms with E-state index in [1.807, 2.05) is 13.0 Å². The Morgan fingerprint density at radius 1 is 1.60 bits per heavy atom. The van der Waals surface area contributed by atoms with Gasteiger partial charge in [-0.1, -0.05) is 6.58 Å². The van der Waals surface area contributed by atoms with Crippen LogP contribution in [0.3, 0.4) is 0 Å². The van der Waals surface area contributed by atoms with Crippen LogP contribution in [0.4, 0.5) is 0 Å². The zero-order chi connectivity index (χ0) is 7.56. The molecule has 0 fully saturated rings. The molecule has 1 N–H and O–H groups in total. The molecule has 1 heterocycles. The van der Waals surface area contributed by atoms with E-state index in [0.29, 0.717) is 5.56 Å². The summed E-state index contributed by atoms with van der Waals surface area (Å²) in [5, 5.41) is 8.88. The first-order chi connectivity index (χ1) is 4.70. The molecular weight excluding hydrogens is 126 g/mol. The summed E-state index contributed by atoms with van der Waals surface area (Å²) in [6.07, 6.45) is 1.59. The van der Waals surface area contributed by atoms with Crippen LogP contribution >= 0.6 is 0 Å². The average Bonchev–Trinajstić information content (AvgIpc) is 1.88. The lowest BCUT2D eigenvalue weighted by atomic mass is 10.2. The van der Waals surface area contributed by atoms with Crippen molar-refractivity contribution >= 4 is 5.76 Å². The van der Waals surface area contributed by atoms with Gasteiger partial charge < -0.3 is 5.11 Å². The standard InChI is InChI=1S/C8H9NO/c1-6-3-4-8(5-9-6)7(2)10/h3-5,10H,2H2,1H3. The molecule has 1 rings (SSSR count). The van der Waals surface area contributed by atoms with Gasteiger partial charge in [0.2, 0.25) is 0 Å². The summed E-state index contributed by atoms with van der Waals surface area (Å²) in [6.45, 7) is 5.26. The molecule has 0 radical (unpaired) electrons. The van der Waals surface area contributed by atoms with E-state index in [2.05, 4.69) is 11.6 Å². The summed E-state index contributed by atoms with van der Waals surface area (Å²) < 4.78 is 0. The largest absolute Gasteiger partial charge is 0.508 e. The van der Waals surface area contributed by atoms with E-state index in [9.17, 15) is 0 Å². The number of aromatic nitrogens is 1. The molecule has 0 atom stereocenters. The van der Waals surface area contributed by atoms with Gasteiger partial charge in [0.25, 0.3) is 0 Å². The quantitative estimate of drug-likeness (QED) is 0.597. The third-order valence-electron chi connectivity index (χ3n) is 1.24. The number of aliphatic hydroxyl groups is 1. The molecule has 0 unspecified atom stereocenters. The highest BCUT2D eigenvalue weighted by Crippen LogP contribution is 2.06. The van der Waals surface area contributed by atoms with E-state index in [0.717, 1.165) is 5.69 Å².